The van der Waals surface area contributed by atoms with Crippen molar-refractivity contribution in [2.24, 2.45) is 6.98 Å². The van der Waals surface area contributed by atoms with Gasteiger partial charge in [0.2, 0.25) is 11.2 Å². The van der Waals surface area contributed by atoms with Crippen molar-refractivity contribution in [3.63, 3.8) is 0 Å². The Morgan fingerprint density at radius 1 is 1.32 bits per heavy atom. The van der Waals surface area contributed by atoms with Crippen LogP contribution in [0.4, 0.5) is 14.7 Å². The average molecular weight is 369 g/mol. The molecule has 0 fully saturated rings. The normalized spacial score (nSPS) is 14.5. The van der Waals surface area contributed by atoms with E-state index in [0.29, 0.717) is 5.69 Å². The number of halogens is 3. The Balaban J connectivity index is 1.78. The van der Waals surface area contributed by atoms with E-state index >= 15 is 0 Å². The fourth-order valence-electron chi connectivity index (χ4n) is 2.16. The maximum Gasteiger partial charge on any atom is 0.227 e. The Kier molecular flexibility index (Phi) is 3.84. The molecule has 0 saturated heterocycles. The molecule has 0 amide bonds. The highest BCUT2D eigenvalue weighted by molar-refractivity contribution is 6.28. The minimum Gasteiger partial charge on any atom is -0.346 e. The number of imidazole rings is 1. The van der Waals surface area contributed by atoms with Gasteiger partial charge >= 0.3 is 0 Å². The molecule has 10 heteroatoms. The van der Waals surface area contributed by atoms with Gasteiger partial charge in [0.25, 0.3) is 0 Å². The van der Waals surface area contributed by atoms with Crippen LogP contribution in [-0.4, -0.2) is 29.5 Å². The number of aromatic nitrogens is 6. The molecule has 0 aromatic carbocycles. The molecule has 1 N–H and O–H groups in total. The van der Waals surface area contributed by atoms with Crippen LogP contribution in [-0.2, 0) is 13.4 Å². The van der Waals surface area contributed by atoms with Crippen LogP contribution in [0.3, 0.4) is 0 Å². The number of pyridine rings is 1. The molecule has 0 aliphatic carbocycles. The van der Waals surface area contributed by atoms with E-state index in [2.05, 4.69) is 30.2 Å². The van der Waals surface area contributed by atoms with Crippen molar-refractivity contribution in [3.8, 4) is 0 Å². The van der Waals surface area contributed by atoms with Gasteiger partial charge in [0.15, 0.2) is 0 Å². The van der Waals surface area contributed by atoms with Crippen LogP contribution in [0, 0.1) is 11.6 Å². The molecular weight excluding hydrogens is 352 g/mol. The molecule has 3 aromatic heterocycles. The van der Waals surface area contributed by atoms with Gasteiger partial charge in [0.05, 0.1) is 36.4 Å². The van der Waals surface area contributed by atoms with E-state index in [-0.39, 0.29) is 29.2 Å². The standard InChI is InChI=1S/C15H14ClF2N7/c1-8(13-11(18)3-9(17)5-19-13)21-15-23-12(22-14(16)24-15)4-10-6-25(2)7-20-10/h3,5-8H,4H2,1-2H3,(H,21,22,23,24)/i2D3. The van der Waals surface area contributed by atoms with Crippen LogP contribution >= 0.6 is 11.6 Å². The third-order valence-electron chi connectivity index (χ3n) is 3.22. The summed E-state index contributed by atoms with van der Waals surface area (Å²) in [7, 11) is 0. The molecule has 0 bridgehead atoms. The predicted octanol–water partition coefficient (Wildman–Crippen LogP) is 2.70. The third-order valence-corrected chi connectivity index (χ3v) is 3.39. The molecule has 25 heavy (non-hydrogen) atoms. The zero-order valence-electron chi connectivity index (χ0n) is 15.9. The molecule has 0 aliphatic rings. The lowest BCUT2D eigenvalue weighted by atomic mass is 10.2. The fourth-order valence-corrected chi connectivity index (χ4v) is 2.33. The van der Waals surface area contributed by atoms with Gasteiger partial charge in [0.1, 0.15) is 17.5 Å². The summed E-state index contributed by atoms with van der Waals surface area (Å²) in [6.07, 6.45) is 3.56. The molecule has 1 atom stereocenters. The van der Waals surface area contributed by atoms with Gasteiger partial charge in [0, 0.05) is 23.4 Å². The summed E-state index contributed by atoms with van der Waals surface area (Å²) in [5, 5.41) is 2.72. The first kappa shape index (κ1) is 13.6. The summed E-state index contributed by atoms with van der Waals surface area (Å²) < 4.78 is 49.9. The van der Waals surface area contributed by atoms with Crippen molar-refractivity contribution in [1.29, 1.82) is 0 Å². The second-order valence-corrected chi connectivity index (χ2v) is 5.52. The van der Waals surface area contributed by atoms with Crippen molar-refractivity contribution >= 4 is 17.5 Å². The van der Waals surface area contributed by atoms with Gasteiger partial charge in [-0.25, -0.2) is 18.7 Å². The molecule has 1 unspecified atom stereocenters. The number of hydrogen-bond donors (Lipinski definition) is 1. The van der Waals surface area contributed by atoms with E-state index in [4.69, 9.17) is 15.7 Å². The Morgan fingerprint density at radius 2 is 2.16 bits per heavy atom. The lowest BCUT2D eigenvalue weighted by Crippen LogP contribution is -2.14. The summed E-state index contributed by atoms with van der Waals surface area (Å²) >= 11 is 5.92. The molecular formula is C15H14ClF2N7. The van der Waals surface area contributed by atoms with E-state index in [9.17, 15) is 8.78 Å². The van der Waals surface area contributed by atoms with Crippen molar-refractivity contribution in [1.82, 2.24) is 29.5 Å². The van der Waals surface area contributed by atoms with E-state index in [1.807, 2.05) is 0 Å². The third kappa shape index (κ3) is 4.24. The van der Waals surface area contributed by atoms with Crippen LogP contribution in [0.5, 0.6) is 0 Å². The lowest BCUT2D eigenvalue weighted by Gasteiger charge is -2.14. The molecule has 0 radical (unpaired) electrons. The Morgan fingerprint density at radius 3 is 2.88 bits per heavy atom. The average Bonchev–Trinajstić information content (AvgIpc) is 3.02. The van der Waals surface area contributed by atoms with Crippen molar-refractivity contribution in [2.75, 3.05) is 5.32 Å². The second-order valence-electron chi connectivity index (χ2n) is 5.18. The summed E-state index contributed by atoms with van der Waals surface area (Å²) in [4.78, 5) is 19.8. The number of hydrogen-bond acceptors (Lipinski definition) is 6. The molecule has 3 heterocycles. The van der Waals surface area contributed by atoms with Crippen molar-refractivity contribution in [3.05, 3.63) is 58.9 Å². The number of nitrogens with zero attached hydrogens (tertiary/aromatic N) is 6. The van der Waals surface area contributed by atoms with Gasteiger partial charge in [-0.15, -0.1) is 0 Å². The summed E-state index contributed by atoms with van der Waals surface area (Å²) in [6.45, 7) is -0.741. The number of nitrogens with one attached hydrogen (secondary N) is 1. The maximum atomic E-state index is 13.9. The van der Waals surface area contributed by atoms with E-state index in [1.54, 1.807) is 6.92 Å². The molecule has 3 rings (SSSR count). The van der Waals surface area contributed by atoms with Crippen LogP contribution < -0.4 is 5.32 Å². The van der Waals surface area contributed by atoms with Crippen LogP contribution in [0.1, 0.15) is 34.3 Å². The molecule has 7 nitrogen and oxygen atoms in total. The SMILES string of the molecule is [2H]C([2H])([2H])n1cnc(Cc2nc(Cl)nc(NC(C)c3ncc(F)cc3F)n2)c1. The smallest absolute Gasteiger partial charge is 0.227 e. The fraction of sp³-hybridized carbons (Fsp3) is 0.267. The summed E-state index contributed by atoms with van der Waals surface area (Å²) in [5.74, 6) is -1.30. The second kappa shape index (κ2) is 7.06. The first-order valence-corrected chi connectivity index (χ1v) is 7.51. The van der Waals surface area contributed by atoms with Crippen LogP contribution in [0.25, 0.3) is 0 Å². The number of anilines is 1. The molecule has 0 spiro atoms. The van der Waals surface area contributed by atoms with Gasteiger partial charge in [-0.1, -0.05) is 0 Å². The van der Waals surface area contributed by atoms with Crippen molar-refractivity contribution < 1.29 is 12.9 Å². The highest BCUT2D eigenvalue weighted by Crippen LogP contribution is 2.19. The first-order chi connectivity index (χ1) is 13.1. The monoisotopic (exact) mass is 368 g/mol. The molecule has 3 aromatic rings. The predicted molar refractivity (Wildman–Crippen MR) is 87.0 cm³/mol. The summed E-state index contributed by atoms with van der Waals surface area (Å²) in [5.41, 5.74) is 0.402. The van der Waals surface area contributed by atoms with E-state index < -0.39 is 24.7 Å². The van der Waals surface area contributed by atoms with Gasteiger partial charge in [-0.2, -0.15) is 9.97 Å². The minimum atomic E-state index is -2.34. The zero-order valence-corrected chi connectivity index (χ0v) is 13.7. The lowest BCUT2D eigenvalue weighted by molar-refractivity contribution is 0.549. The quantitative estimate of drug-likeness (QED) is 0.745. The zero-order chi connectivity index (χ0) is 20.5. The minimum absolute atomic E-state index is 0.0177. The molecule has 130 valence electrons. The first-order valence-electron chi connectivity index (χ1n) is 8.63. The van der Waals surface area contributed by atoms with Crippen molar-refractivity contribution in [2.45, 2.75) is 19.4 Å². The molecule has 0 saturated carbocycles. The number of aryl methyl sites for hydroxylation is 1. The highest BCUT2D eigenvalue weighted by Gasteiger charge is 2.16. The van der Waals surface area contributed by atoms with Crippen LogP contribution in [0.15, 0.2) is 24.8 Å². The highest BCUT2D eigenvalue weighted by atomic mass is 35.5. The van der Waals surface area contributed by atoms with Gasteiger partial charge < -0.3 is 9.88 Å². The number of rotatable bonds is 5. The van der Waals surface area contributed by atoms with Gasteiger partial charge in [-0.05, 0) is 18.5 Å². The maximum absolute atomic E-state index is 13.9. The molecule has 0 aliphatic heterocycles. The van der Waals surface area contributed by atoms with Gasteiger partial charge in [-0.3, -0.25) is 4.98 Å². The Hall–Kier alpha value is -2.68. The summed E-state index contributed by atoms with van der Waals surface area (Å²) in [6, 6.07) is 0.0508. The van der Waals surface area contributed by atoms with E-state index in [0.717, 1.165) is 16.8 Å². The van der Waals surface area contributed by atoms with E-state index in [1.165, 1.54) is 12.5 Å². The Bertz CT molecular complexity index is 996. The van der Waals surface area contributed by atoms with Crippen LogP contribution in [0.2, 0.25) is 5.28 Å². The largest absolute Gasteiger partial charge is 0.346 e. The Labute approximate surface area is 151 Å². The topological polar surface area (TPSA) is 81.4 Å².